The number of benzene rings is 2. The Bertz CT molecular complexity index is 679. The van der Waals surface area contributed by atoms with Gasteiger partial charge in [0.25, 0.3) is 0 Å². The Kier molecular flexibility index (Phi) is 3.79. The molecule has 2 aromatic rings. The van der Waals surface area contributed by atoms with Gasteiger partial charge in [0.2, 0.25) is 0 Å². The van der Waals surface area contributed by atoms with Crippen molar-refractivity contribution in [2.24, 2.45) is 5.11 Å². The molecule has 3 N–H and O–H groups in total. The number of nitrogens with zero attached hydrogens (tertiary/aromatic N) is 3. The van der Waals surface area contributed by atoms with Crippen LogP contribution in [0, 0.1) is 0 Å². The molecule has 6 nitrogen and oxygen atoms in total. The normalized spacial score (nSPS) is 10.4. The molecular formula is C14H11N3O3. The molecule has 20 heavy (non-hydrogen) atoms. The van der Waals surface area contributed by atoms with Crippen LogP contribution < -0.4 is 0 Å². The molecule has 0 fully saturated rings. The maximum absolute atomic E-state index is 9.38. The molecule has 0 saturated heterocycles. The van der Waals surface area contributed by atoms with Crippen LogP contribution in [0.3, 0.4) is 0 Å². The molecule has 0 aliphatic rings. The van der Waals surface area contributed by atoms with E-state index in [2.05, 4.69) is 10.0 Å². The molecule has 100 valence electrons. The highest BCUT2D eigenvalue weighted by Gasteiger charge is 2.06. The summed E-state index contributed by atoms with van der Waals surface area (Å²) in [4.78, 5) is 2.68. The van der Waals surface area contributed by atoms with Gasteiger partial charge in [-0.2, -0.15) is 0 Å². The molecule has 0 amide bonds. The Morgan fingerprint density at radius 3 is 2.00 bits per heavy atom. The maximum atomic E-state index is 9.38. The van der Waals surface area contributed by atoms with Crippen LogP contribution in [-0.4, -0.2) is 15.3 Å². The van der Waals surface area contributed by atoms with Crippen LogP contribution in [0.25, 0.3) is 22.6 Å². The number of rotatable bonds is 3. The molecule has 0 aliphatic carbocycles. The molecule has 0 aliphatic heterocycles. The highest BCUT2D eigenvalue weighted by molar-refractivity contribution is 5.72. The summed E-state index contributed by atoms with van der Waals surface area (Å²) in [5, 5.41) is 31.5. The second-order valence-electron chi connectivity index (χ2n) is 4.02. The van der Waals surface area contributed by atoms with Gasteiger partial charge < -0.3 is 15.3 Å². The lowest BCUT2D eigenvalue weighted by Gasteiger charge is -2.02. The Hall–Kier alpha value is -3.11. The van der Waals surface area contributed by atoms with Crippen molar-refractivity contribution in [1.29, 1.82) is 0 Å². The maximum Gasteiger partial charge on any atom is 0.200 e. The molecule has 0 spiro atoms. The summed E-state index contributed by atoms with van der Waals surface area (Å²) in [6.07, 6.45) is 3.42. The van der Waals surface area contributed by atoms with Gasteiger partial charge in [-0.15, -0.1) is 0 Å². The van der Waals surface area contributed by atoms with Gasteiger partial charge in [-0.25, -0.2) is 0 Å². The van der Waals surface area contributed by atoms with Crippen molar-refractivity contribution in [1.82, 2.24) is 0 Å². The van der Waals surface area contributed by atoms with Crippen LogP contribution >= 0.6 is 0 Å². The summed E-state index contributed by atoms with van der Waals surface area (Å²) in [6, 6.07) is 9.54. The number of aromatic hydroxyl groups is 3. The minimum Gasteiger partial charge on any atom is -0.504 e. The molecule has 0 saturated carbocycles. The minimum atomic E-state index is -0.541. The first-order valence-corrected chi connectivity index (χ1v) is 5.68. The first-order chi connectivity index (χ1) is 9.60. The molecule has 0 aromatic heterocycles. The zero-order valence-electron chi connectivity index (χ0n) is 10.3. The first kappa shape index (κ1) is 13.3. The second kappa shape index (κ2) is 5.69. The predicted molar refractivity (Wildman–Crippen MR) is 75.6 cm³/mol. The van der Waals surface area contributed by atoms with Crippen LogP contribution in [0.5, 0.6) is 17.2 Å². The predicted octanol–water partition coefficient (Wildman–Crippen LogP) is 3.92. The number of phenols is 3. The van der Waals surface area contributed by atoms with Crippen LogP contribution in [0.15, 0.2) is 41.5 Å². The lowest BCUT2D eigenvalue weighted by Crippen LogP contribution is -1.76. The Labute approximate surface area is 114 Å². The molecule has 2 aromatic carbocycles. The van der Waals surface area contributed by atoms with E-state index in [0.717, 1.165) is 5.56 Å². The van der Waals surface area contributed by atoms with Crippen LogP contribution in [0.1, 0.15) is 11.1 Å². The zero-order valence-corrected chi connectivity index (χ0v) is 10.3. The third-order valence-electron chi connectivity index (χ3n) is 2.61. The van der Waals surface area contributed by atoms with Crippen LogP contribution in [0.4, 0.5) is 5.69 Å². The Balaban J connectivity index is 2.22. The Morgan fingerprint density at radius 2 is 1.45 bits per heavy atom. The van der Waals surface area contributed by atoms with Crippen LogP contribution in [-0.2, 0) is 0 Å². The highest BCUT2D eigenvalue weighted by Crippen LogP contribution is 2.35. The van der Waals surface area contributed by atoms with Gasteiger partial charge in [0.1, 0.15) is 0 Å². The number of hydrogen-bond acceptors (Lipinski definition) is 4. The molecule has 6 heteroatoms. The van der Waals surface area contributed by atoms with Crippen molar-refractivity contribution in [3.8, 4) is 17.2 Å². The number of phenolic OH excluding ortho intramolecular Hbond substituents is 3. The van der Waals surface area contributed by atoms with E-state index in [1.54, 1.807) is 36.4 Å². The molecule has 0 radical (unpaired) electrons. The van der Waals surface area contributed by atoms with Gasteiger partial charge in [0.15, 0.2) is 17.2 Å². The third-order valence-corrected chi connectivity index (χ3v) is 2.61. The lowest BCUT2D eigenvalue weighted by atomic mass is 10.1. The van der Waals surface area contributed by atoms with Crippen molar-refractivity contribution in [2.75, 3.05) is 0 Å². The van der Waals surface area contributed by atoms with E-state index in [-0.39, 0.29) is 11.5 Å². The summed E-state index contributed by atoms with van der Waals surface area (Å²) in [7, 11) is 0. The van der Waals surface area contributed by atoms with Crippen molar-refractivity contribution < 1.29 is 15.3 Å². The van der Waals surface area contributed by atoms with Crippen molar-refractivity contribution in [3.05, 3.63) is 58.0 Å². The second-order valence-corrected chi connectivity index (χ2v) is 4.02. The van der Waals surface area contributed by atoms with E-state index in [1.807, 2.05) is 0 Å². The molecule has 0 atom stereocenters. The van der Waals surface area contributed by atoms with E-state index in [1.165, 1.54) is 12.1 Å². The molecule has 0 bridgehead atoms. The molecule has 0 heterocycles. The minimum absolute atomic E-state index is 0.386. The monoisotopic (exact) mass is 269 g/mol. The van der Waals surface area contributed by atoms with Gasteiger partial charge in [0.05, 0.1) is 0 Å². The average Bonchev–Trinajstić information content (AvgIpc) is 2.44. The fraction of sp³-hybridized carbons (Fsp3) is 0. The molecule has 2 rings (SSSR count). The first-order valence-electron chi connectivity index (χ1n) is 5.68. The van der Waals surface area contributed by atoms with Gasteiger partial charge in [-0.05, 0) is 28.8 Å². The van der Waals surface area contributed by atoms with Crippen molar-refractivity contribution >= 4 is 17.8 Å². The summed E-state index contributed by atoms with van der Waals surface area (Å²) in [6.45, 7) is 0. The summed E-state index contributed by atoms with van der Waals surface area (Å²) in [5.41, 5.74) is 10.2. The molecule has 0 unspecified atom stereocenters. The Morgan fingerprint density at radius 1 is 0.900 bits per heavy atom. The van der Waals surface area contributed by atoms with E-state index in [0.29, 0.717) is 11.3 Å². The largest absolute Gasteiger partial charge is 0.504 e. The van der Waals surface area contributed by atoms with E-state index < -0.39 is 5.75 Å². The standard InChI is InChI=1S/C14H11N3O3/c15-17-16-11-5-3-9(4-6-11)1-2-10-7-12(18)14(20)13(19)8-10/h1-8,18-20H/b2-1+. The van der Waals surface area contributed by atoms with Crippen LogP contribution in [0.2, 0.25) is 0 Å². The molecular weight excluding hydrogens is 258 g/mol. The van der Waals surface area contributed by atoms with Gasteiger partial charge >= 0.3 is 0 Å². The van der Waals surface area contributed by atoms with E-state index in [9.17, 15) is 15.3 Å². The fourth-order valence-corrected chi connectivity index (χ4v) is 1.62. The quantitative estimate of drug-likeness (QED) is 0.258. The SMILES string of the molecule is [N-]=[N+]=Nc1ccc(/C=C/c2cc(O)c(O)c(O)c2)cc1. The summed E-state index contributed by atoms with van der Waals surface area (Å²) < 4.78 is 0. The average molecular weight is 269 g/mol. The fourth-order valence-electron chi connectivity index (χ4n) is 1.62. The van der Waals surface area contributed by atoms with Crippen molar-refractivity contribution in [3.63, 3.8) is 0 Å². The van der Waals surface area contributed by atoms with Crippen molar-refractivity contribution in [2.45, 2.75) is 0 Å². The number of hydrogen-bond donors (Lipinski definition) is 3. The van der Waals surface area contributed by atoms with Gasteiger partial charge in [-0.1, -0.05) is 41.5 Å². The smallest absolute Gasteiger partial charge is 0.200 e. The third kappa shape index (κ3) is 3.01. The van der Waals surface area contributed by atoms with E-state index in [4.69, 9.17) is 5.53 Å². The summed E-state index contributed by atoms with van der Waals surface area (Å²) in [5.74, 6) is -1.31. The van der Waals surface area contributed by atoms with Gasteiger partial charge in [-0.3, -0.25) is 0 Å². The summed E-state index contributed by atoms with van der Waals surface area (Å²) >= 11 is 0. The highest BCUT2D eigenvalue weighted by atomic mass is 16.3. The zero-order chi connectivity index (χ0) is 14.5. The van der Waals surface area contributed by atoms with Gasteiger partial charge in [0, 0.05) is 10.6 Å². The van der Waals surface area contributed by atoms with E-state index >= 15 is 0 Å². The number of azide groups is 1. The lowest BCUT2D eigenvalue weighted by molar-refractivity contribution is 0.368. The topological polar surface area (TPSA) is 109 Å².